The van der Waals surface area contributed by atoms with Crippen LogP contribution < -0.4 is 19.5 Å². The van der Waals surface area contributed by atoms with Crippen molar-refractivity contribution in [2.24, 2.45) is 0 Å². The Labute approximate surface area is 140 Å². The molecule has 0 atom stereocenters. The number of amides is 1. The molecular weight excluding hydrogens is 313 g/mol. The number of aryl methyl sites for hydroxylation is 1. The summed E-state index contributed by atoms with van der Waals surface area (Å²) in [6, 6.07) is 9.70. The first-order valence-electron chi connectivity index (χ1n) is 7.42. The van der Waals surface area contributed by atoms with Crippen LogP contribution in [0.5, 0.6) is 17.2 Å². The molecule has 2 rings (SSSR count). The second kappa shape index (κ2) is 8.19. The minimum absolute atomic E-state index is 0.138. The Kier molecular flexibility index (Phi) is 6.01. The summed E-state index contributed by atoms with van der Waals surface area (Å²) in [4.78, 5) is 12.2. The van der Waals surface area contributed by atoms with Crippen molar-refractivity contribution in [3.05, 3.63) is 47.8 Å². The number of carbonyl (C=O) groups is 1. The predicted octanol–water partition coefficient (Wildman–Crippen LogP) is 3.42. The molecule has 0 aromatic heterocycles. The highest BCUT2D eigenvalue weighted by atomic mass is 19.1. The Balaban J connectivity index is 2.12. The quantitative estimate of drug-likeness (QED) is 0.843. The molecule has 0 heterocycles. The van der Waals surface area contributed by atoms with E-state index in [9.17, 15) is 9.18 Å². The summed E-state index contributed by atoms with van der Waals surface area (Å²) >= 11 is 0. The van der Waals surface area contributed by atoms with Crippen LogP contribution in [0, 0.1) is 5.82 Å². The first kappa shape index (κ1) is 17.6. The van der Waals surface area contributed by atoms with Crippen molar-refractivity contribution in [1.29, 1.82) is 0 Å². The molecular formula is C18H20FNO4. The van der Waals surface area contributed by atoms with Gasteiger partial charge in [0, 0.05) is 18.6 Å². The Hall–Kier alpha value is -2.76. The highest BCUT2D eigenvalue weighted by molar-refractivity contribution is 5.94. The zero-order chi connectivity index (χ0) is 17.5. The molecule has 0 aliphatic rings. The summed E-state index contributed by atoms with van der Waals surface area (Å²) in [5, 5.41) is 2.76. The number of benzene rings is 2. The Morgan fingerprint density at radius 3 is 2.21 bits per heavy atom. The number of rotatable bonds is 7. The van der Waals surface area contributed by atoms with Crippen molar-refractivity contribution in [3.8, 4) is 17.2 Å². The maximum Gasteiger partial charge on any atom is 0.224 e. The van der Waals surface area contributed by atoms with Crippen molar-refractivity contribution < 1.29 is 23.4 Å². The van der Waals surface area contributed by atoms with Crippen molar-refractivity contribution in [1.82, 2.24) is 0 Å². The Morgan fingerprint density at radius 1 is 1.04 bits per heavy atom. The first-order chi connectivity index (χ1) is 11.6. The molecule has 2 aromatic carbocycles. The van der Waals surface area contributed by atoms with Gasteiger partial charge in [0.25, 0.3) is 0 Å². The third kappa shape index (κ3) is 4.16. The molecule has 1 amide bonds. The smallest absolute Gasteiger partial charge is 0.224 e. The van der Waals surface area contributed by atoms with Crippen LogP contribution in [0.25, 0.3) is 0 Å². The fourth-order valence-corrected chi connectivity index (χ4v) is 2.28. The number of hydrogen-bond acceptors (Lipinski definition) is 4. The van der Waals surface area contributed by atoms with E-state index < -0.39 is 0 Å². The van der Waals surface area contributed by atoms with E-state index in [0.29, 0.717) is 34.9 Å². The molecule has 0 aliphatic heterocycles. The minimum atomic E-state index is -0.315. The van der Waals surface area contributed by atoms with Gasteiger partial charge in [0.2, 0.25) is 5.91 Å². The summed E-state index contributed by atoms with van der Waals surface area (Å²) in [5.41, 5.74) is 0.917. The van der Waals surface area contributed by atoms with Gasteiger partial charge in [-0.05, 0) is 18.1 Å². The van der Waals surface area contributed by atoms with Gasteiger partial charge in [-0.25, -0.2) is 4.39 Å². The van der Waals surface area contributed by atoms with Crippen LogP contribution in [0.1, 0.15) is 12.0 Å². The molecule has 5 nitrogen and oxygen atoms in total. The molecule has 24 heavy (non-hydrogen) atoms. The van der Waals surface area contributed by atoms with Crippen molar-refractivity contribution in [3.63, 3.8) is 0 Å². The van der Waals surface area contributed by atoms with Gasteiger partial charge < -0.3 is 19.5 Å². The van der Waals surface area contributed by atoms with Crippen molar-refractivity contribution in [2.45, 2.75) is 12.8 Å². The van der Waals surface area contributed by atoms with Gasteiger partial charge in [-0.3, -0.25) is 4.79 Å². The zero-order valence-electron chi connectivity index (χ0n) is 13.9. The average Bonchev–Trinajstić information content (AvgIpc) is 2.61. The lowest BCUT2D eigenvalue weighted by Crippen LogP contribution is -2.14. The summed E-state index contributed by atoms with van der Waals surface area (Å²) in [7, 11) is 4.51. The molecule has 2 aromatic rings. The van der Waals surface area contributed by atoms with Crippen LogP contribution in [0.15, 0.2) is 36.4 Å². The molecule has 1 N–H and O–H groups in total. The first-order valence-corrected chi connectivity index (χ1v) is 7.42. The molecule has 0 radical (unpaired) electrons. The van der Waals surface area contributed by atoms with E-state index in [-0.39, 0.29) is 18.1 Å². The van der Waals surface area contributed by atoms with E-state index in [0.717, 1.165) is 0 Å². The molecule has 0 aliphatic carbocycles. The van der Waals surface area contributed by atoms with Gasteiger partial charge in [-0.1, -0.05) is 18.2 Å². The van der Waals surface area contributed by atoms with Crippen LogP contribution >= 0.6 is 0 Å². The fraction of sp³-hybridized carbons (Fsp3) is 0.278. The van der Waals surface area contributed by atoms with Gasteiger partial charge >= 0.3 is 0 Å². The number of methoxy groups -OCH3 is 3. The number of ether oxygens (including phenoxy) is 3. The van der Waals surface area contributed by atoms with E-state index in [1.165, 1.54) is 27.4 Å². The number of carbonyl (C=O) groups excluding carboxylic acids is 1. The maximum absolute atomic E-state index is 13.6. The van der Waals surface area contributed by atoms with Gasteiger partial charge in [-0.2, -0.15) is 0 Å². The third-order valence-electron chi connectivity index (χ3n) is 3.56. The van der Waals surface area contributed by atoms with E-state index in [2.05, 4.69) is 5.32 Å². The summed E-state index contributed by atoms with van der Waals surface area (Å²) in [6.45, 7) is 0. The number of hydrogen-bond donors (Lipinski definition) is 1. The normalized spacial score (nSPS) is 10.2. The van der Waals surface area contributed by atoms with E-state index in [4.69, 9.17) is 14.2 Å². The summed E-state index contributed by atoms with van der Waals surface area (Å²) < 4.78 is 29.3. The number of halogens is 1. The number of anilines is 1. The van der Waals surface area contributed by atoms with Gasteiger partial charge in [0.1, 0.15) is 28.8 Å². The fourth-order valence-electron chi connectivity index (χ4n) is 2.28. The molecule has 0 spiro atoms. The largest absolute Gasteiger partial charge is 0.496 e. The molecule has 128 valence electrons. The van der Waals surface area contributed by atoms with Crippen molar-refractivity contribution in [2.75, 3.05) is 26.6 Å². The third-order valence-corrected chi connectivity index (χ3v) is 3.56. The zero-order valence-corrected chi connectivity index (χ0v) is 13.9. The average molecular weight is 333 g/mol. The molecule has 0 unspecified atom stereocenters. The van der Waals surface area contributed by atoms with E-state index in [1.54, 1.807) is 30.3 Å². The van der Waals surface area contributed by atoms with Crippen molar-refractivity contribution >= 4 is 11.6 Å². The van der Waals surface area contributed by atoms with E-state index in [1.807, 2.05) is 0 Å². The lowest BCUT2D eigenvalue weighted by atomic mass is 10.1. The molecule has 0 saturated heterocycles. The van der Waals surface area contributed by atoms with Crippen LogP contribution in [0.4, 0.5) is 10.1 Å². The Bertz CT molecular complexity index is 693. The van der Waals surface area contributed by atoms with Gasteiger partial charge in [0.15, 0.2) is 0 Å². The van der Waals surface area contributed by atoms with E-state index >= 15 is 0 Å². The number of nitrogens with one attached hydrogen (secondary N) is 1. The minimum Gasteiger partial charge on any atom is -0.496 e. The lowest BCUT2D eigenvalue weighted by Gasteiger charge is -2.15. The van der Waals surface area contributed by atoms with Crippen LogP contribution in [-0.2, 0) is 11.2 Å². The molecule has 0 saturated carbocycles. The lowest BCUT2D eigenvalue weighted by molar-refractivity contribution is -0.116. The highest BCUT2D eigenvalue weighted by Crippen LogP contribution is 2.38. The topological polar surface area (TPSA) is 56.8 Å². The standard InChI is InChI=1S/C18H20FNO4/c1-22-13-10-15(23-2)18(16(11-13)24-3)20-17(21)9-8-12-6-4-5-7-14(12)19/h4-7,10-11H,8-9H2,1-3H3,(H,20,21). The second-order valence-corrected chi connectivity index (χ2v) is 5.05. The van der Waals surface area contributed by atoms with Gasteiger partial charge in [-0.15, -0.1) is 0 Å². The van der Waals surface area contributed by atoms with Crippen LogP contribution in [0.3, 0.4) is 0 Å². The summed E-state index contributed by atoms with van der Waals surface area (Å²) in [5.74, 6) is 0.814. The molecule has 6 heteroatoms. The second-order valence-electron chi connectivity index (χ2n) is 5.05. The maximum atomic E-state index is 13.6. The molecule has 0 fully saturated rings. The monoisotopic (exact) mass is 333 g/mol. The SMILES string of the molecule is COc1cc(OC)c(NC(=O)CCc2ccccc2F)c(OC)c1. The Morgan fingerprint density at radius 2 is 1.67 bits per heavy atom. The highest BCUT2D eigenvalue weighted by Gasteiger charge is 2.16. The van der Waals surface area contributed by atoms with Crippen LogP contribution in [0.2, 0.25) is 0 Å². The predicted molar refractivity (Wildman–Crippen MR) is 89.4 cm³/mol. The van der Waals surface area contributed by atoms with Gasteiger partial charge in [0.05, 0.1) is 21.3 Å². The van der Waals surface area contributed by atoms with Crippen LogP contribution in [-0.4, -0.2) is 27.2 Å². The summed E-state index contributed by atoms with van der Waals surface area (Å²) in [6.07, 6.45) is 0.443. The molecule has 0 bridgehead atoms.